The number of carbonyl (C=O) groups is 3. The minimum atomic E-state index is -0.705. The van der Waals surface area contributed by atoms with Crippen LogP contribution >= 0.6 is 0 Å². The molecule has 1 heterocycles. The van der Waals surface area contributed by atoms with E-state index in [4.69, 9.17) is 4.84 Å². The maximum Gasteiger partial charge on any atom is 0.338 e. The molecule has 0 aromatic heterocycles. The lowest BCUT2D eigenvalue weighted by atomic mass is 9.91. The van der Waals surface area contributed by atoms with Crippen LogP contribution in [-0.4, -0.2) is 22.8 Å². The lowest BCUT2D eigenvalue weighted by Crippen LogP contribution is -2.38. The van der Waals surface area contributed by atoms with Gasteiger partial charge in [-0.15, -0.1) is 0 Å². The van der Waals surface area contributed by atoms with E-state index in [2.05, 4.69) is 0 Å². The van der Waals surface area contributed by atoms with Crippen molar-refractivity contribution in [3.05, 3.63) is 12.2 Å². The van der Waals surface area contributed by atoms with Crippen LogP contribution in [0.1, 0.15) is 27.2 Å². The van der Waals surface area contributed by atoms with Gasteiger partial charge >= 0.3 is 5.97 Å². The molecular weight excluding hydrogens is 198 g/mol. The number of nitrogens with zero attached hydrogens (tertiary/aromatic N) is 1. The largest absolute Gasteiger partial charge is 0.338 e. The zero-order valence-electron chi connectivity index (χ0n) is 8.94. The third-order valence-electron chi connectivity index (χ3n) is 2.38. The third-order valence-corrected chi connectivity index (χ3v) is 2.38. The van der Waals surface area contributed by atoms with Crippen LogP contribution in [0.4, 0.5) is 0 Å². The average molecular weight is 211 g/mol. The van der Waals surface area contributed by atoms with Crippen molar-refractivity contribution < 1.29 is 19.2 Å². The molecule has 0 saturated heterocycles. The van der Waals surface area contributed by atoms with Crippen molar-refractivity contribution >= 4 is 17.8 Å². The van der Waals surface area contributed by atoms with Crippen LogP contribution in [0.2, 0.25) is 0 Å². The quantitative estimate of drug-likeness (QED) is 0.648. The second kappa shape index (κ2) is 3.84. The van der Waals surface area contributed by atoms with E-state index in [0.29, 0.717) is 11.5 Å². The molecule has 0 N–H and O–H groups in total. The van der Waals surface area contributed by atoms with Crippen molar-refractivity contribution in [2.24, 2.45) is 5.41 Å². The van der Waals surface area contributed by atoms with E-state index < -0.39 is 23.2 Å². The predicted octanol–water partition coefficient (Wildman–Crippen LogP) is 0.806. The van der Waals surface area contributed by atoms with Crippen LogP contribution in [0, 0.1) is 5.41 Å². The highest BCUT2D eigenvalue weighted by atomic mass is 16.7. The first-order valence-corrected chi connectivity index (χ1v) is 4.67. The van der Waals surface area contributed by atoms with Gasteiger partial charge in [0.15, 0.2) is 0 Å². The monoisotopic (exact) mass is 211 g/mol. The van der Waals surface area contributed by atoms with Gasteiger partial charge in [0.05, 0.1) is 5.41 Å². The SMILES string of the molecule is CCC(C)(C)C(=O)ON1C(=O)C=CC1=O. The fourth-order valence-corrected chi connectivity index (χ4v) is 0.827. The summed E-state index contributed by atoms with van der Waals surface area (Å²) < 4.78 is 0. The van der Waals surface area contributed by atoms with Gasteiger partial charge in [-0.05, 0) is 20.3 Å². The van der Waals surface area contributed by atoms with Crippen molar-refractivity contribution in [1.82, 2.24) is 5.06 Å². The van der Waals surface area contributed by atoms with E-state index in [1.807, 2.05) is 6.92 Å². The van der Waals surface area contributed by atoms with Gasteiger partial charge in [-0.1, -0.05) is 12.0 Å². The number of rotatable bonds is 3. The summed E-state index contributed by atoms with van der Waals surface area (Å²) in [5, 5.41) is 0.472. The number of hydrogen-bond acceptors (Lipinski definition) is 4. The van der Waals surface area contributed by atoms with E-state index in [-0.39, 0.29) is 0 Å². The summed E-state index contributed by atoms with van der Waals surface area (Å²) in [5.74, 6) is -1.84. The molecule has 1 aliphatic rings. The molecule has 5 heteroatoms. The number of amides is 2. The molecule has 0 aromatic rings. The molecule has 2 amide bonds. The summed E-state index contributed by atoms with van der Waals surface area (Å²) in [5.41, 5.74) is -0.705. The van der Waals surface area contributed by atoms with Gasteiger partial charge in [0, 0.05) is 12.2 Å². The van der Waals surface area contributed by atoms with Gasteiger partial charge in [-0.2, -0.15) is 0 Å². The predicted molar refractivity (Wildman–Crippen MR) is 51.2 cm³/mol. The topological polar surface area (TPSA) is 63.7 Å². The Bertz CT molecular complexity index is 325. The molecule has 82 valence electrons. The van der Waals surface area contributed by atoms with E-state index in [0.717, 1.165) is 12.2 Å². The van der Waals surface area contributed by atoms with E-state index in [9.17, 15) is 14.4 Å². The number of imide groups is 1. The maximum atomic E-state index is 11.5. The highest BCUT2D eigenvalue weighted by molar-refractivity contribution is 6.12. The lowest BCUT2D eigenvalue weighted by Gasteiger charge is -2.22. The molecule has 0 fully saturated rings. The van der Waals surface area contributed by atoms with Crippen LogP contribution in [0.3, 0.4) is 0 Å². The molecule has 15 heavy (non-hydrogen) atoms. The Morgan fingerprint density at radius 2 is 1.80 bits per heavy atom. The third kappa shape index (κ3) is 2.23. The van der Waals surface area contributed by atoms with Gasteiger partial charge in [0.1, 0.15) is 0 Å². The molecule has 0 aromatic carbocycles. The van der Waals surface area contributed by atoms with Crippen molar-refractivity contribution in [1.29, 1.82) is 0 Å². The minimum absolute atomic E-state index is 0.472. The normalized spacial score (nSPS) is 16.1. The first-order chi connectivity index (χ1) is 6.88. The van der Waals surface area contributed by atoms with Crippen LogP contribution in [-0.2, 0) is 19.2 Å². The van der Waals surface area contributed by atoms with E-state index >= 15 is 0 Å². The Hall–Kier alpha value is -1.65. The molecule has 0 bridgehead atoms. The van der Waals surface area contributed by atoms with Crippen LogP contribution in [0.15, 0.2) is 12.2 Å². The lowest BCUT2D eigenvalue weighted by molar-refractivity contribution is -0.203. The van der Waals surface area contributed by atoms with Gasteiger partial charge in [0.25, 0.3) is 11.8 Å². The average Bonchev–Trinajstić information content (AvgIpc) is 2.49. The molecule has 0 atom stereocenters. The maximum absolute atomic E-state index is 11.5. The standard InChI is InChI=1S/C10H13NO4/c1-4-10(2,3)9(14)15-11-7(12)5-6-8(11)13/h5-6H,4H2,1-3H3. The number of carbonyl (C=O) groups excluding carboxylic acids is 3. The molecule has 1 aliphatic heterocycles. The van der Waals surface area contributed by atoms with Crippen molar-refractivity contribution in [3.8, 4) is 0 Å². The van der Waals surface area contributed by atoms with Crippen LogP contribution < -0.4 is 0 Å². The van der Waals surface area contributed by atoms with Gasteiger partial charge in [0.2, 0.25) is 0 Å². The fourth-order valence-electron chi connectivity index (χ4n) is 0.827. The van der Waals surface area contributed by atoms with Gasteiger partial charge in [-0.25, -0.2) is 4.79 Å². The summed E-state index contributed by atoms with van der Waals surface area (Å²) in [6.07, 6.45) is 2.69. The molecule has 0 saturated carbocycles. The zero-order valence-corrected chi connectivity index (χ0v) is 8.94. The Kier molecular flexibility index (Phi) is 2.93. The second-order valence-electron chi connectivity index (χ2n) is 3.92. The van der Waals surface area contributed by atoms with E-state index in [1.54, 1.807) is 13.8 Å². The number of hydroxylamine groups is 2. The smallest absolute Gasteiger partial charge is 0.329 e. The van der Waals surface area contributed by atoms with Crippen LogP contribution in [0.5, 0.6) is 0 Å². The molecule has 0 unspecified atom stereocenters. The number of hydrogen-bond donors (Lipinski definition) is 0. The Morgan fingerprint density at radius 3 is 2.20 bits per heavy atom. The molecule has 0 radical (unpaired) electrons. The summed E-state index contributed by atoms with van der Waals surface area (Å²) in [6, 6.07) is 0. The molecule has 0 spiro atoms. The zero-order chi connectivity index (χ0) is 11.6. The van der Waals surface area contributed by atoms with Crippen molar-refractivity contribution in [3.63, 3.8) is 0 Å². The Morgan fingerprint density at radius 1 is 1.33 bits per heavy atom. The first-order valence-electron chi connectivity index (χ1n) is 4.67. The highest BCUT2D eigenvalue weighted by Crippen LogP contribution is 2.22. The summed E-state index contributed by atoms with van der Waals surface area (Å²) in [4.78, 5) is 38.4. The Labute approximate surface area is 87.6 Å². The van der Waals surface area contributed by atoms with Crippen LogP contribution in [0.25, 0.3) is 0 Å². The molecular formula is C10H13NO4. The van der Waals surface area contributed by atoms with E-state index in [1.165, 1.54) is 0 Å². The van der Waals surface area contributed by atoms with Crippen molar-refractivity contribution in [2.45, 2.75) is 27.2 Å². The summed E-state index contributed by atoms with van der Waals surface area (Å²) in [7, 11) is 0. The highest BCUT2D eigenvalue weighted by Gasteiger charge is 2.34. The summed E-state index contributed by atoms with van der Waals surface area (Å²) in [6.45, 7) is 5.20. The molecule has 1 rings (SSSR count). The fraction of sp³-hybridized carbons (Fsp3) is 0.500. The van der Waals surface area contributed by atoms with Crippen molar-refractivity contribution in [2.75, 3.05) is 0 Å². The first kappa shape index (κ1) is 11.4. The second-order valence-corrected chi connectivity index (χ2v) is 3.92. The van der Waals surface area contributed by atoms with Gasteiger partial charge in [-0.3, -0.25) is 9.59 Å². The van der Waals surface area contributed by atoms with Gasteiger partial charge < -0.3 is 4.84 Å². The molecule has 5 nitrogen and oxygen atoms in total. The minimum Gasteiger partial charge on any atom is -0.329 e. The summed E-state index contributed by atoms with van der Waals surface area (Å²) >= 11 is 0. The molecule has 0 aliphatic carbocycles. The Balaban J connectivity index is 2.68.